The summed E-state index contributed by atoms with van der Waals surface area (Å²) in [6.07, 6.45) is -1.72. The molecule has 0 aromatic heterocycles. The lowest BCUT2D eigenvalue weighted by atomic mass is 9.99. The summed E-state index contributed by atoms with van der Waals surface area (Å²) in [6.45, 7) is 0.426. The lowest BCUT2D eigenvalue weighted by Crippen LogP contribution is -2.56. The van der Waals surface area contributed by atoms with E-state index in [1.165, 1.54) is 0 Å². The molecule has 0 aromatic rings. The standard InChI is InChI=1S/C6H11NO4/c8-3-1-2-7-4(5(3)9)6(10)11/h3-5,7-9H,1-2H2,(H,10,11)/t3-,4+,5-/m0/s1. The third-order valence-electron chi connectivity index (χ3n) is 1.81. The number of piperidine rings is 1. The highest BCUT2D eigenvalue weighted by molar-refractivity contribution is 5.74. The SMILES string of the molecule is O=C(O)[C@@H]1NCC[C@H](O)[C@@H]1O. The molecule has 0 aromatic carbocycles. The summed E-state index contributed by atoms with van der Waals surface area (Å²) in [6, 6.07) is -1.03. The van der Waals surface area contributed by atoms with Gasteiger partial charge in [0.1, 0.15) is 12.1 Å². The second-order valence-electron chi connectivity index (χ2n) is 2.62. The molecule has 1 heterocycles. The Balaban J connectivity index is 2.58. The summed E-state index contributed by atoms with van der Waals surface area (Å²) in [4.78, 5) is 10.4. The first-order chi connectivity index (χ1) is 5.13. The van der Waals surface area contributed by atoms with E-state index in [4.69, 9.17) is 15.3 Å². The maximum absolute atomic E-state index is 10.4. The highest BCUT2D eigenvalue weighted by Gasteiger charge is 2.34. The molecule has 0 saturated carbocycles. The van der Waals surface area contributed by atoms with Crippen molar-refractivity contribution in [3.05, 3.63) is 0 Å². The molecule has 1 fully saturated rings. The summed E-state index contributed by atoms with van der Waals surface area (Å²) in [5.41, 5.74) is 0. The van der Waals surface area contributed by atoms with E-state index in [9.17, 15) is 4.79 Å². The summed E-state index contributed by atoms with van der Waals surface area (Å²) < 4.78 is 0. The fourth-order valence-corrected chi connectivity index (χ4v) is 1.13. The molecule has 1 rings (SSSR count). The van der Waals surface area contributed by atoms with Gasteiger partial charge in [-0.2, -0.15) is 0 Å². The van der Waals surface area contributed by atoms with Gasteiger partial charge >= 0.3 is 5.97 Å². The molecule has 1 saturated heterocycles. The quantitative estimate of drug-likeness (QED) is 0.362. The van der Waals surface area contributed by atoms with Gasteiger partial charge in [0.05, 0.1) is 6.10 Å². The van der Waals surface area contributed by atoms with Gasteiger partial charge in [-0.25, -0.2) is 0 Å². The molecular formula is C6H11NO4. The molecule has 5 heteroatoms. The Morgan fingerprint density at radius 1 is 1.45 bits per heavy atom. The summed E-state index contributed by atoms with van der Waals surface area (Å²) in [5.74, 6) is -1.13. The van der Waals surface area contributed by atoms with Crippen LogP contribution in [-0.4, -0.2) is 46.1 Å². The second kappa shape index (κ2) is 3.17. The molecule has 0 spiro atoms. The largest absolute Gasteiger partial charge is 0.480 e. The van der Waals surface area contributed by atoms with Crippen LogP contribution in [0, 0.1) is 0 Å². The molecule has 11 heavy (non-hydrogen) atoms. The lowest BCUT2D eigenvalue weighted by Gasteiger charge is -2.29. The minimum Gasteiger partial charge on any atom is -0.480 e. The second-order valence-corrected chi connectivity index (χ2v) is 2.62. The van der Waals surface area contributed by atoms with Gasteiger partial charge in [0.2, 0.25) is 0 Å². The van der Waals surface area contributed by atoms with Gasteiger partial charge in [-0.15, -0.1) is 0 Å². The van der Waals surface area contributed by atoms with E-state index >= 15 is 0 Å². The van der Waals surface area contributed by atoms with Gasteiger partial charge in [-0.1, -0.05) is 0 Å². The number of aliphatic hydroxyl groups is 2. The zero-order chi connectivity index (χ0) is 8.43. The fourth-order valence-electron chi connectivity index (χ4n) is 1.13. The lowest BCUT2D eigenvalue weighted by molar-refractivity contribution is -0.147. The smallest absolute Gasteiger partial charge is 0.323 e. The number of carboxylic acid groups (broad SMARTS) is 1. The van der Waals surface area contributed by atoms with E-state index in [0.717, 1.165) is 0 Å². The average Bonchev–Trinajstić information content (AvgIpc) is 1.94. The molecule has 5 nitrogen and oxygen atoms in total. The van der Waals surface area contributed by atoms with Crippen LogP contribution in [-0.2, 0) is 4.79 Å². The third kappa shape index (κ3) is 1.68. The molecular weight excluding hydrogens is 150 g/mol. The number of aliphatic hydroxyl groups excluding tert-OH is 2. The van der Waals surface area contributed by atoms with Crippen molar-refractivity contribution in [1.82, 2.24) is 5.32 Å². The van der Waals surface area contributed by atoms with Crippen LogP contribution in [0.4, 0.5) is 0 Å². The fraction of sp³-hybridized carbons (Fsp3) is 0.833. The predicted molar refractivity (Wildman–Crippen MR) is 36.1 cm³/mol. The molecule has 0 radical (unpaired) electrons. The van der Waals surface area contributed by atoms with Crippen LogP contribution in [0.2, 0.25) is 0 Å². The molecule has 0 amide bonds. The van der Waals surface area contributed by atoms with Crippen molar-refractivity contribution in [3.8, 4) is 0 Å². The molecule has 3 atom stereocenters. The van der Waals surface area contributed by atoms with E-state index < -0.39 is 24.2 Å². The zero-order valence-corrected chi connectivity index (χ0v) is 5.90. The number of aliphatic carboxylic acids is 1. The minimum absolute atomic E-state index is 0.394. The monoisotopic (exact) mass is 161 g/mol. The number of hydrogen-bond acceptors (Lipinski definition) is 4. The van der Waals surface area contributed by atoms with Crippen LogP contribution in [0.1, 0.15) is 6.42 Å². The molecule has 0 aliphatic carbocycles. The van der Waals surface area contributed by atoms with Crippen molar-refractivity contribution >= 4 is 5.97 Å². The van der Waals surface area contributed by atoms with Crippen LogP contribution in [0.15, 0.2) is 0 Å². The average molecular weight is 161 g/mol. The number of carbonyl (C=O) groups is 1. The van der Waals surface area contributed by atoms with E-state index in [-0.39, 0.29) is 0 Å². The van der Waals surface area contributed by atoms with Gasteiger partial charge in [-0.3, -0.25) is 4.79 Å². The minimum atomic E-state index is -1.19. The Labute approximate surface area is 63.7 Å². The Bertz CT molecular complexity index is 161. The maximum Gasteiger partial charge on any atom is 0.323 e. The first kappa shape index (κ1) is 8.45. The summed E-state index contributed by atoms with van der Waals surface area (Å²) in [7, 11) is 0. The zero-order valence-electron chi connectivity index (χ0n) is 5.90. The molecule has 0 bridgehead atoms. The van der Waals surface area contributed by atoms with Gasteiger partial charge in [0.25, 0.3) is 0 Å². The van der Waals surface area contributed by atoms with Crippen LogP contribution < -0.4 is 5.32 Å². The molecule has 4 N–H and O–H groups in total. The predicted octanol–water partition coefficient (Wildman–Crippen LogP) is -1.85. The number of nitrogens with one attached hydrogen (secondary N) is 1. The van der Waals surface area contributed by atoms with Gasteiger partial charge in [-0.05, 0) is 13.0 Å². The molecule has 64 valence electrons. The van der Waals surface area contributed by atoms with E-state index in [2.05, 4.69) is 5.32 Å². The Morgan fingerprint density at radius 2 is 2.09 bits per heavy atom. The summed E-state index contributed by atoms with van der Waals surface area (Å²) >= 11 is 0. The Morgan fingerprint density at radius 3 is 2.55 bits per heavy atom. The number of rotatable bonds is 1. The van der Waals surface area contributed by atoms with Gasteiger partial charge in [0.15, 0.2) is 0 Å². The molecule has 1 aliphatic heterocycles. The topological polar surface area (TPSA) is 89.8 Å². The highest BCUT2D eigenvalue weighted by Crippen LogP contribution is 2.09. The highest BCUT2D eigenvalue weighted by atomic mass is 16.4. The van der Waals surface area contributed by atoms with Gasteiger partial charge in [0, 0.05) is 0 Å². The van der Waals surface area contributed by atoms with Crippen LogP contribution in [0.25, 0.3) is 0 Å². The van der Waals surface area contributed by atoms with Crippen molar-refractivity contribution in [2.45, 2.75) is 24.7 Å². The molecule has 0 unspecified atom stereocenters. The van der Waals surface area contributed by atoms with Crippen molar-refractivity contribution in [1.29, 1.82) is 0 Å². The number of hydrogen-bond donors (Lipinski definition) is 4. The first-order valence-corrected chi connectivity index (χ1v) is 3.45. The third-order valence-corrected chi connectivity index (χ3v) is 1.81. The van der Waals surface area contributed by atoms with E-state index in [1.807, 2.05) is 0 Å². The van der Waals surface area contributed by atoms with Crippen molar-refractivity contribution in [2.75, 3.05) is 6.54 Å². The molecule has 1 aliphatic rings. The van der Waals surface area contributed by atoms with E-state index in [1.54, 1.807) is 0 Å². The Hall–Kier alpha value is -0.650. The van der Waals surface area contributed by atoms with Crippen LogP contribution >= 0.6 is 0 Å². The van der Waals surface area contributed by atoms with E-state index in [0.29, 0.717) is 13.0 Å². The van der Waals surface area contributed by atoms with Gasteiger partial charge < -0.3 is 20.6 Å². The normalized spacial score (nSPS) is 38.5. The van der Waals surface area contributed by atoms with Crippen molar-refractivity contribution in [2.24, 2.45) is 0 Å². The Kier molecular flexibility index (Phi) is 2.43. The van der Waals surface area contributed by atoms with Crippen LogP contribution in [0.3, 0.4) is 0 Å². The van der Waals surface area contributed by atoms with Crippen molar-refractivity contribution < 1.29 is 20.1 Å². The van der Waals surface area contributed by atoms with Crippen molar-refractivity contribution in [3.63, 3.8) is 0 Å². The maximum atomic E-state index is 10.4. The van der Waals surface area contributed by atoms with Crippen LogP contribution in [0.5, 0.6) is 0 Å². The number of carboxylic acids is 1. The first-order valence-electron chi connectivity index (χ1n) is 3.45. The summed E-state index contributed by atoms with van der Waals surface area (Å²) in [5, 5.41) is 29.2.